The second-order valence-corrected chi connectivity index (χ2v) is 10.8. The van der Waals surface area contributed by atoms with E-state index in [0.717, 1.165) is 37.8 Å². The normalized spacial score (nSPS) is 14.6. The standard InChI is InChI=1S/C30H23Br2N3O4/c1-18-14-21(15-27-28(36)33-30(38)35(29(27)37)25-5-3-4-23(32)16-25)19(2)34(18)24-10-12-26(13-11-24)39-17-20-6-8-22(31)9-7-20/h3-16H,17H2,1-2H3,(H,33,36,38)/b27-15+. The fraction of sp³-hybridized carbons (Fsp3) is 0.100. The van der Waals surface area contributed by atoms with E-state index >= 15 is 0 Å². The summed E-state index contributed by atoms with van der Waals surface area (Å²) in [6.07, 6.45) is 1.53. The zero-order chi connectivity index (χ0) is 27.7. The van der Waals surface area contributed by atoms with E-state index in [1.807, 2.05) is 73.0 Å². The molecule has 0 saturated carbocycles. The molecule has 1 saturated heterocycles. The van der Waals surface area contributed by atoms with Crippen molar-refractivity contribution in [3.05, 3.63) is 116 Å². The summed E-state index contributed by atoms with van der Waals surface area (Å²) in [5.41, 5.74) is 4.69. The Morgan fingerprint density at radius 1 is 0.846 bits per heavy atom. The van der Waals surface area contributed by atoms with E-state index in [9.17, 15) is 14.4 Å². The lowest BCUT2D eigenvalue weighted by atomic mass is 10.1. The van der Waals surface area contributed by atoms with Crippen molar-refractivity contribution in [2.24, 2.45) is 0 Å². The minimum atomic E-state index is -0.784. The van der Waals surface area contributed by atoms with Crippen molar-refractivity contribution < 1.29 is 19.1 Å². The topological polar surface area (TPSA) is 80.6 Å². The van der Waals surface area contributed by atoms with Gasteiger partial charge in [-0.1, -0.05) is 50.1 Å². The lowest BCUT2D eigenvalue weighted by Crippen LogP contribution is -2.54. The number of hydrogen-bond donors (Lipinski definition) is 1. The number of ether oxygens (including phenoxy) is 1. The third-order valence-electron chi connectivity index (χ3n) is 6.35. The highest BCUT2D eigenvalue weighted by atomic mass is 79.9. The second kappa shape index (κ2) is 11.0. The molecule has 0 aliphatic carbocycles. The van der Waals surface area contributed by atoms with Gasteiger partial charge in [0, 0.05) is 26.0 Å². The van der Waals surface area contributed by atoms with Crippen LogP contribution in [0.2, 0.25) is 0 Å². The van der Waals surface area contributed by atoms with Gasteiger partial charge < -0.3 is 9.30 Å². The molecule has 0 unspecified atom stereocenters. The lowest BCUT2D eigenvalue weighted by molar-refractivity contribution is -0.122. The number of benzene rings is 3. The third-order valence-corrected chi connectivity index (χ3v) is 7.37. The van der Waals surface area contributed by atoms with E-state index in [0.29, 0.717) is 22.3 Å². The Morgan fingerprint density at radius 2 is 1.56 bits per heavy atom. The van der Waals surface area contributed by atoms with E-state index < -0.39 is 17.8 Å². The van der Waals surface area contributed by atoms with Crippen molar-refractivity contribution in [2.45, 2.75) is 20.5 Å². The first-order chi connectivity index (χ1) is 18.7. The monoisotopic (exact) mass is 647 g/mol. The molecule has 1 aliphatic heterocycles. The van der Waals surface area contributed by atoms with Crippen LogP contribution in [-0.2, 0) is 16.2 Å². The third kappa shape index (κ3) is 5.60. The number of nitrogens with one attached hydrogen (secondary N) is 1. The summed E-state index contributed by atoms with van der Waals surface area (Å²) < 4.78 is 9.68. The first-order valence-corrected chi connectivity index (χ1v) is 13.6. The molecule has 1 aliphatic rings. The van der Waals surface area contributed by atoms with Crippen LogP contribution in [-0.4, -0.2) is 22.4 Å². The number of hydrogen-bond acceptors (Lipinski definition) is 4. The van der Waals surface area contributed by atoms with Gasteiger partial charge in [-0.3, -0.25) is 14.9 Å². The number of urea groups is 1. The average Bonchev–Trinajstić information content (AvgIpc) is 3.19. The van der Waals surface area contributed by atoms with Crippen LogP contribution in [0.15, 0.2) is 93.4 Å². The molecule has 1 N–H and O–H groups in total. The van der Waals surface area contributed by atoms with Crippen LogP contribution in [0.5, 0.6) is 5.75 Å². The van der Waals surface area contributed by atoms with Gasteiger partial charge in [0.15, 0.2) is 0 Å². The summed E-state index contributed by atoms with van der Waals surface area (Å²) in [6.45, 7) is 4.33. The maximum atomic E-state index is 13.3. The molecule has 5 rings (SSSR count). The molecule has 1 fully saturated rings. The van der Waals surface area contributed by atoms with Gasteiger partial charge in [-0.25, -0.2) is 9.69 Å². The quantitative estimate of drug-likeness (QED) is 0.183. The predicted molar refractivity (Wildman–Crippen MR) is 157 cm³/mol. The Balaban J connectivity index is 1.39. The van der Waals surface area contributed by atoms with Crippen LogP contribution in [0.3, 0.4) is 0 Å². The molecule has 2 heterocycles. The molecule has 39 heavy (non-hydrogen) atoms. The first kappa shape index (κ1) is 26.6. The Labute approximate surface area is 242 Å². The van der Waals surface area contributed by atoms with Crippen LogP contribution < -0.4 is 15.0 Å². The molecule has 196 valence electrons. The van der Waals surface area contributed by atoms with Crippen LogP contribution in [0, 0.1) is 13.8 Å². The molecule has 3 aromatic carbocycles. The van der Waals surface area contributed by atoms with Crippen LogP contribution in [0.1, 0.15) is 22.5 Å². The first-order valence-electron chi connectivity index (χ1n) is 12.0. The summed E-state index contributed by atoms with van der Waals surface area (Å²) in [6, 6.07) is 23.6. The Hall–Kier alpha value is -3.95. The predicted octanol–water partition coefficient (Wildman–Crippen LogP) is 6.86. The largest absolute Gasteiger partial charge is 0.489 e. The number of carbonyl (C=O) groups excluding carboxylic acids is 3. The van der Waals surface area contributed by atoms with Gasteiger partial charge in [0.1, 0.15) is 17.9 Å². The van der Waals surface area contributed by atoms with Crippen LogP contribution >= 0.6 is 31.9 Å². The average molecular weight is 649 g/mol. The summed E-state index contributed by atoms with van der Waals surface area (Å²) in [7, 11) is 0. The number of anilines is 1. The molecule has 0 radical (unpaired) electrons. The number of aromatic nitrogens is 1. The molecular formula is C30H23Br2N3O4. The van der Waals surface area contributed by atoms with Crippen molar-refractivity contribution >= 4 is 61.5 Å². The van der Waals surface area contributed by atoms with E-state index in [1.165, 1.54) is 6.08 Å². The number of imide groups is 2. The number of aryl methyl sites for hydroxylation is 1. The van der Waals surface area contributed by atoms with Gasteiger partial charge >= 0.3 is 6.03 Å². The summed E-state index contributed by atoms with van der Waals surface area (Å²) in [5.74, 6) is -0.666. The second-order valence-electron chi connectivity index (χ2n) is 9.01. The van der Waals surface area contributed by atoms with E-state index in [4.69, 9.17) is 4.74 Å². The maximum Gasteiger partial charge on any atom is 0.335 e. The van der Waals surface area contributed by atoms with Crippen molar-refractivity contribution in [3.63, 3.8) is 0 Å². The van der Waals surface area contributed by atoms with Gasteiger partial charge in [-0.15, -0.1) is 0 Å². The number of halogens is 2. The van der Waals surface area contributed by atoms with E-state index in [-0.39, 0.29) is 5.57 Å². The number of barbiturate groups is 1. The Kier molecular flexibility index (Phi) is 7.54. The van der Waals surface area contributed by atoms with Crippen molar-refractivity contribution in [1.29, 1.82) is 0 Å². The molecule has 1 aromatic heterocycles. The van der Waals surface area contributed by atoms with Gasteiger partial charge in [0.25, 0.3) is 11.8 Å². The highest BCUT2D eigenvalue weighted by Crippen LogP contribution is 2.28. The van der Waals surface area contributed by atoms with Gasteiger partial charge in [0.05, 0.1) is 5.69 Å². The van der Waals surface area contributed by atoms with Crippen LogP contribution in [0.4, 0.5) is 10.5 Å². The smallest absolute Gasteiger partial charge is 0.335 e. The zero-order valence-electron chi connectivity index (χ0n) is 21.1. The molecule has 7 nitrogen and oxygen atoms in total. The number of nitrogens with zero attached hydrogens (tertiary/aromatic N) is 2. The zero-order valence-corrected chi connectivity index (χ0v) is 24.2. The summed E-state index contributed by atoms with van der Waals surface area (Å²) >= 11 is 6.79. The van der Waals surface area contributed by atoms with E-state index in [1.54, 1.807) is 24.3 Å². The van der Waals surface area contributed by atoms with Crippen molar-refractivity contribution in [1.82, 2.24) is 9.88 Å². The molecule has 4 amide bonds. The highest BCUT2D eigenvalue weighted by molar-refractivity contribution is 9.10. The maximum absolute atomic E-state index is 13.3. The van der Waals surface area contributed by atoms with E-state index in [2.05, 4.69) is 37.2 Å². The van der Waals surface area contributed by atoms with Crippen molar-refractivity contribution in [2.75, 3.05) is 4.90 Å². The molecule has 0 bridgehead atoms. The fourth-order valence-corrected chi connectivity index (χ4v) is 5.08. The Morgan fingerprint density at radius 3 is 2.26 bits per heavy atom. The summed E-state index contributed by atoms with van der Waals surface area (Å²) in [4.78, 5) is 39.4. The molecule has 9 heteroatoms. The fourth-order valence-electron chi connectivity index (χ4n) is 4.43. The molecule has 0 spiro atoms. The molecular weight excluding hydrogens is 626 g/mol. The number of amides is 4. The number of carbonyl (C=O) groups is 3. The number of rotatable bonds is 6. The Bertz CT molecular complexity index is 1620. The lowest BCUT2D eigenvalue weighted by Gasteiger charge is -2.26. The van der Waals surface area contributed by atoms with Gasteiger partial charge in [0.2, 0.25) is 0 Å². The SMILES string of the molecule is Cc1cc(/C=C2\C(=O)NC(=O)N(c3cccc(Br)c3)C2=O)c(C)n1-c1ccc(OCc2ccc(Br)cc2)cc1. The molecule has 0 atom stereocenters. The summed E-state index contributed by atoms with van der Waals surface area (Å²) in [5, 5.41) is 2.27. The minimum absolute atomic E-state index is 0.119. The highest BCUT2D eigenvalue weighted by Gasteiger charge is 2.37. The van der Waals surface area contributed by atoms with Gasteiger partial charge in [-0.05, 0) is 91.7 Å². The van der Waals surface area contributed by atoms with Crippen LogP contribution in [0.25, 0.3) is 11.8 Å². The molecule has 4 aromatic rings. The minimum Gasteiger partial charge on any atom is -0.489 e. The van der Waals surface area contributed by atoms with Gasteiger partial charge in [-0.2, -0.15) is 0 Å². The van der Waals surface area contributed by atoms with Crippen molar-refractivity contribution in [3.8, 4) is 11.4 Å².